The van der Waals surface area contributed by atoms with Crippen LogP contribution >= 0.6 is 0 Å². The normalized spacial score (nSPS) is 10.2. The molecule has 0 bridgehead atoms. The van der Waals surface area contributed by atoms with Crippen molar-refractivity contribution < 1.29 is 14.8 Å². The Kier molecular flexibility index (Phi) is 12.6. The average Bonchev–Trinajstić information content (AvgIpc) is 2.42. The van der Waals surface area contributed by atoms with E-state index in [9.17, 15) is 9.59 Å². The van der Waals surface area contributed by atoms with Crippen LogP contribution in [0.3, 0.4) is 0 Å². The monoisotopic (exact) mass is 272 g/mol. The maximum atomic E-state index is 11.5. The van der Waals surface area contributed by atoms with E-state index in [2.05, 4.69) is 12.2 Å². The Bertz CT molecular complexity index is 245. The zero-order chi connectivity index (χ0) is 14.3. The van der Waals surface area contributed by atoms with E-state index in [1.165, 1.54) is 19.3 Å². The number of unbranched alkanes of at least 4 members (excludes halogenated alkanes) is 6. The number of rotatable bonds is 12. The minimum absolute atomic E-state index is 0.129. The molecule has 5 nitrogen and oxygen atoms in total. The molecule has 0 spiro atoms. The molecule has 0 rings (SSSR count). The highest BCUT2D eigenvalue weighted by Gasteiger charge is 2.01. The molecule has 0 aromatic carbocycles. The van der Waals surface area contributed by atoms with Crippen LogP contribution in [-0.2, 0) is 9.59 Å². The number of hydrogen-bond acceptors (Lipinski definition) is 3. The van der Waals surface area contributed by atoms with E-state index in [1.807, 2.05) is 0 Å². The third-order valence-corrected chi connectivity index (χ3v) is 3.03. The van der Waals surface area contributed by atoms with Gasteiger partial charge in [-0.2, -0.15) is 0 Å². The first-order valence-electron chi connectivity index (χ1n) is 7.40. The van der Waals surface area contributed by atoms with Crippen LogP contribution in [0, 0.1) is 0 Å². The first kappa shape index (κ1) is 17.9. The van der Waals surface area contributed by atoms with Gasteiger partial charge in [0.1, 0.15) is 0 Å². The molecule has 5 heteroatoms. The summed E-state index contributed by atoms with van der Waals surface area (Å²) in [5.74, 6) is -0.222. The molecule has 112 valence electrons. The van der Waals surface area contributed by atoms with Gasteiger partial charge in [-0.25, -0.2) is 5.48 Å². The summed E-state index contributed by atoms with van der Waals surface area (Å²) >= 11 is 0. The third kappa shape index (κ3) is 13.1. The Morgan fingerprint density at radius 1 is 0.842 bits per heavy atom. The zero-order valence-electron chi connectivity index (χ0n) is 12.0. The standard InChI is InChI=1S/C14H28N2O3/c1-2-3-4-5-7-10-13(17)15-12-9-6-8-11-14(18)16-19/h19H,2-12H2,1H3,(H,15,17)(H,16,18). The second kappa shape index (κ2) is 13.3. The molecular weight excluding hydrogens is 244 g/mol. The molecule has 0 aliphatic heterocycles. The fourth-order valence-corrected chi connectivity index (χ4v) is 1.85. The van der Waals surface area contributed by atoms with Gasteiger partial charge in [0.05, 0.1) is 0 Å². The molecule has 0 aromatic heterocycles. The summed E-state index contributed by atoms with van der Waals surface area (Å²) in [4.78, 5) is 22.2. The molecule has 0 aromatic rings. The van der Waals surface area contributed by atoms with Gasteiger partial charge in [0, 0.05) is 19.4 Å². The Morgan fingerprint density at radius 3 is 2.05 bits per heavy atom. The van der Waals surface area contributed by atoms with Crippen LogP contribution in [0.2, 0.25) is 0 Å². The summed E-state index contributed by atoms with van der Waals surface area (Å²) in [5.41, 5.74) is 1.60. The van der Waals surface area contributed by atoms with Crippen LogP contribution in [0.15, 0.2) is 0 Å². The maximum absolute atomic E-state index is 11.5. The molecule has 0 saturated heterocycles. The summed E-state index contributed by atoms with van der Waals surface area (Å²) in [7, 11) is 0. The molecule has 0 unspecified atom stereocenters. The van der Waals surface area contributed by atoms with Gasteiger partial charge in [0.15, 0.2) is 0 Å². The molecular formula is C14H28N2O3. The predicted molar refractivity (Wildman–Crippen MR) is 74.8 cm³/mol. The van der Waals surface area contributed by atoms with Crippen molar-refractivity contribution in [2.75, 3.05) is 6.54 Å². The molecule has 0 heterocycles. The smallest absolute Gasteiger partial charge is 0.243 e. The Morgan fingerprint density at radius 2 is 1.42 bits per heavy atom. The number of hydrogen-bond donors (Lipinski definition) is 3. The van der Waals surface area contributed by atoms with Crippen molar-refractivity contribution >= 4 is 11.8 Å². The summed E-state index contributed by atoms with van der Waals surface area (Å²) in [6.45, 7) is 2.85. The number of nitrogens with one attached hydrogen (secondary N) is 2. The van der Waals surface area contributed by atoms with E-state index < -0.39 is 0 Å². The molecule has 0 fully saturated rings. The van der Waals surface area contributed by atoms with Crippen molar-refractivity contribution in [3.05, 3.63) is 0 Å². The van der Waals surface area contributed by atoms with Gasteiger partial charge in [-0.05, 0) is 19.3 Å². The van der Waals surface area contributed by atoms with Crippen LogP contribution in [-0.4, -0.2) is 23.6 Å². The largest absolute Gasteiger partial charge is 0.356 e. The van der Waals surface area contributed by atoms with Crippen molar-refractivity contribution in [1.82, 2.24) is 10.8 Å². The lowest BCUT2D eigenvalue weighted by molar-refractivity contribution is -0.129. The van der Waals surface area contributed by atoms with E-state index in [4.69, 9.17) is 5.21 Å². The van der Waals surface area contributed by atoms with Gasteiger partial charge in [-0.3, -0.25) is 14.8 Å². The van der Waals surface area contributed by atoms with Crippen molar-refractivity contribution in [3.63, 3.8) is 0 Å². The predicted octanol–water partition coefficient (Wildman–Crippen LogP) is 2.53. The SMILES string of the molecule is CCCCCCCC(=O)NCCCCCC(=O)NO. The summed E-state index contributed by atoms with van der Waals surface area (Å²) in [6.07, 6.45) is 9.25. The highest BCUT2D eigenvalue weighted by Crippen LogP contribution is 2.05. The first-order chi connectivity index (χ1) is 9.20. The van der Waals surface area contributed by atoms with Crippen molar-refractivity contribution in [1.29, 1.82) is 0 Å². The number of carbonyl (C=O) groups is 2. The third-order valence-electron chi connectivity index (χ3n) is 3.03. The fourth-order valence-electron chi connectivity index (χ4n) is 1.85. The summed E-state index contributed by atoms with van der Waals surface area (Å²) in [6, 6.07) is 0. The molecule has 19 heavy (non-hydrogen) atoms. The van der Waals surface area contributed by atoms with E-state index in [0.29, 0.717) is 19.4 Å². The molecule has 0 radical (unpaired) electrons. The zero-order valence-corrected chi connectivity index (χ0v) is 12.0. The highest BCUT2D eigenvalue weighted by molar-refractivity contribution is 5.75. The molecule has 0 saturated carbocycles. The summed E-state index contributed by atoms with van der Waals surface area (Å²) < 4.78 is 0. The number of carbonyl (C=O) groups excluding carboxylic acids is 2. The van der Waals surface area contributed by atoms with Crippen molar-refractivity contribution in [2.45, 2.75) is 71.1 Å². The lowest BCUT2D eigenvalue weighted by Gasteiger charge is -2.05. The van der Waals surface area contributed by atoms with Crippen LogP contribution in [0.4, 0.5) is 0 Å². The van der Waals surface area contributed by atoms with E-state index >= 15 is 0 Å². The highest BCUT2D eigenvalue weighted by atomic mass is 16.5. The Hall–Kier alpha value is -1.10. The van der Waals surface area contributed by atoms with E-state index in [0.717, 1.165) is 32.1 Å². The second-order valence-corrected chi connectivity index (χ2v) is 4.86. The number of amides is 2. The van der Waals surface area contributed by atoms with Gasteiger partial charge >= 0.3 is 0 Å². The van der Waals surface area contributed by atoms with E-state index in [1.54, 1.807) is 5.48 Å². The van der Waals surface area contributed by atoms with Crippen LogP contribution in [0.1, 0.15) is 71.1 Å². The Balaban J connectivity index is 3.22. The minimum atomic E-state index is -0.351. The quantitative estimate of drug-likeness (QED) is 0.290. The van der Waals surface area contributed by atoms with Gasteiger partial charge in [-0.1, -0.05) is 39.0 Å². The molecule has 0 aliphatic carbocycles. The van der Waals surface area contributed by atoms with Crippen molar-refractivity contribution in [3.8, 4) is 0 Å². The van der Waals surface area contributed by atoms with Gasteiger partial charge in [-0.15, -0.1) is 0 Å². The summed E-state index contributed by atoms with van der Waals surface area (Å²) in [5, 5.41) is 11.2. The van der Waals surface area contributed by atoms with Crippen molar-refractivity contribution in [2.24, 2.45) is 0 Å². The molecule has 3 N–H and O–H groups in total. The van der Waals surface area contributed by atoms with Crippen LogP contribution in [0.5, 0.6) is 0 Å². The molecule has 0 atom stereocenters. The topological polar surface area (TPSA) is 78.4 Å². The lowest BCUT2D eigenvalue weighted by Crippen LogP contribution is -2.24. The van der Waals surface area contributed by atoms with Crippen LogP contribution in [0.25, 0.3) is 0 Å². The minimum Gasteiger partial charge on any atom is -0.356 e. The van der Waals surface area contributed by atoms with Gasteiger partial charge in [0.2, 0.25) is 11.8 Å². The fraction of sp³-hybridized carbons (Fsp3) is 0.857. The van der Waals surface area contributed by atoms with Gasteiger partial charge < -0.3 is 5.32 Å². The lowest BCUT2D eigenvalue weighted by atomic mass is 10.1. The number of hydroxylamine groups is 1. The second-order valence-electron chi connectivity index (χ2n) is 4.86. The maximum Gasteiger partial charge on any atom is 0.243 e. The van der Waals surface area contributed by atoms with Crippen LogP contribution < -0.4 is 10.8 Å². The Labute approximate surface area is 116 Å². The molecule has 2 amide bonds. The average molecular weight is 272 g/mol. The van der Waals surface area contributed by atoms with Gasteiger partial charge in [0.25, 0.3) is 0 Å². The first-order valence-corrected chi connectivity index (χ1v) is 7.40. The van der Waals surface area contributed by atoms with E-state index in [-0.39, 0.29) is 11.8 Å². The molecule has 0 aliphatic rings.